The third kappa shape index (κ3) is 2.44. The molecule has 3 heteroatoms. The first-order valence-corrected chi connectivity index (χ1v) is 7.99. The third-order valence-corrected chi connectivity index (χ3v) is 4.53. The van der Waals surface area contributed by atoms with Gasteiger partial charge in [-0.25, -0.2) is 4.79 Å². The molecule has 24 heavy (non-hydrogen) atoms. The zero-order chi connectivity index (χ0) is 16.5. The van der Waals surface area contributed by atoms with Crippen molar-refractivity contribution in [2.45, 2.75) is 12.5 Å². The van der Waals surface area contributed by atoms with Gasteiger partial charge in [-0.3, -0.25) is 0 Å². The first kappa shape index (κ1) is 14.5. The fourth-order valence-corrected chi connectivity index (χ4v) is 3.44. The van der Waals surface area contributed by atoms with Crippen LogP contribution in [0.25, 0.3) is 0 Å². The maximum absolute atomic E-state index is 11.3. The smallest absolute Gasteiger partial charge is 0.335 e. The minimum atomic E-state index is -0.902. The molecule has 1 atom stereocenters. The minimum absolute atomic E-state index is 0.174. The van der Waals surface area contributed by atoms with Crippen LogP contribution in [0, 0.1) is 0 Å². The zero-order valence-electron chi connectivity index (χ0n) is 13.1. The van der Waals surface area contributed by atoms with Crippen molar-refractivity contribution in [2.75, 3.05) is 4.90 Å². The number of carboxylic acid groups (broad SMARTS) is 1. The summed E-state index contributed by atoms with van der Waals surface area (Å²) in [6.07, 6.45) is 0.914. The van der Waals surface area contributed by atoms with Crippen molar-refractivity contribution in [1.29, 1.82) is 0 Å². The van der Waals surface area contributed by atoms with E-state index in [1.807, 2.05) is 36.4 Å². The summed E-state index contributed by atoms with van der Waals surface area (Å²) in [4.78, 5) is 13.6. The summed E-state index contributed by atoms with van der Waals surface area (Å²) in [5.74, 6) is -0.902. The summed E-state index contributed by atoms with van der Waals surface area (Å²) in [6.45, 7) is 0. The van der Waals surface area contributed by atoms with E-state index in [2.05, 4.69) is 35.2 Å². The number of fused-ring (bicyclic) bond motifs is 1. The van der Waals surface area contributed by atoms with E-state index in [1.165, 1.54) is 11.1 Å². The molecule has 0 saturated heterocycles. The van der Waals surface area contributed by atoms with Crippen molar-refractivity contribution >= 4 is 17.3 Å². The van der Waals surface area contributed by atoms with Crippen LogP contribution < -0.4 is 4.90 Å². The van der Waals surface area contributed by atoms with Crippen molar-refractivity contribution in [3.05, 3.63) is 95.6 Å². The number of anilines is 2. The molecule has 0 aromatic heterocycles. The lowest BCUT2D eigenvalue weighted by Gasteiger charge is -2.28. The Kier molecular flexibility index (Phi) is 3.54. The molecule has 0 aliphatic carbocycles. The van der Waals surface area contributed by atoms with Crippen LogP contribution in [0.1, 0.15) is 27.5 Å². The van der Waals surface area contributed by atoms with Crippen LogP contribution in [0.3, 0.4) is 0 Å². The van der Waals surface area contributed by atoms with Gasteiger partial charge in [0.2, 0.25) is 0 Å². The van der Waals surface area contributed by atoms with Crippen LogP contribution in [0.15, 0.2) is 78.9 Å². The molecule has 1 unspecified atom stereocenters. The van der Waals surface area contributed by atoms with E-state index >= 15 is 0 Å². The molecule has 1 N–H and O–H groups in total. The van der Waals surface area contributed by atoms with E-state index in [-0.39, 0.29) is 6.04 Å². The predicted molar refractivity (Wildman–Crippen MR) is 94.9 cm³/mol. The summed E-state index contributed by atoms with van der Waals surface area (Å²) in [5, 5.41) is 9.31. The van der Waals surface area contributed by atoms with Gasteiger partial charge in [-0.2, -0.15) is 0 Å². The highest BCUT2D eigenvalue weighted by Crippen LogP contribution is 2.45. The highest BCUT2D eigenvalue weighted by atomic mass is 16.4. The molecule has 1 aliphatic rings. The summed E-state index contributed by atoms with van der Waals surface area (Å²) in [7, 11) is 0. The van der Waals surface area contributed by atoms with Gasteiger partial charge in [0.1, 0.15) is 0 Å². The standard InChI is InChI=1S/C21H17NO2/c23-21(24)17-10-6-11-18(13-17)22-19-12-5-4-9-16(19)14-20(22)15-7-2-1-3-8-15/h1-13,20H,14H2,(H,23,24). The summed E-state index contributed by atoms with van der Waals surface area (Å²) < 4.78 is 0. The molecule has 1 aliphatic heterocycles. The lowest BCUT2D eigenvalue weighted by Crippen LogP contribution is -2.20. The molecular formula is C21H17NO2. The van der Waals surface area contributed by atoms with Crippen molar-refractivity contribution < 1.29 is 9.90 Å². The second-order valence-corrected chi connectivity index (χ2v) is 5.98. The number of benzene rings is 3. The van der Waals surface area contributed by atoms with Gasteiger partial charge in [-0.1, -0.05) is 54.6 Å². The number of nitrogens with zero attached hydrogens (tertiary/aromatic N) is 1. The van der Waals surface area contributed by atoms with E-state index in [0.717, 1.165) is 17.8 Å². The molecule has 0 radical (unpaired) electrons. The molecule has 3 nitrogen and oxygen atoms in total. The Morgan fingerprint density at radius 2 is 1.67 bits per heavy atom. The second-order valence-electron chi connectivity index (χ2n) is 5.98. The highest BCUT2D eigenvalue weighted by molar-refractivity contribution is 5.89. The van der Waals surface area contributed by atoms with Crippen molar-refractivity contribution in [2.24, 2.45) is 0 Å². The normalized spacial score (nSPS) is 16.0. The van der Waals surface area contributed by atoms with Gasteiger partial charge in [0.25, 0.3) is 0 Å². The Balaban J connectivity index is 1.85. The lowest BCUT2D eigenvalue weighted by molar-refractivity contribution is 0.0697. The molecule has 3 aromatic carbocycles. The first-order valence-electron chi connectivity index (χ1n) is 7.99. The maximum atomic E-state index is 11.3. The first-order chi connectivity index (χ1) is 11.7. The monoisotopic (exact) mass is 315 g/mol. The summed E-state index contributed by atoms with van der Waals surface area (Å²) >= 11 is 0. The Morgan fingerprint density at radius 3 is 2.46 bits per heavy atom. The third-order valence-electron chi connectivity index (χ3n) is 4.53. The fourth-order valence-electron chi connectivity index (χ4n) is 3.44. The van der Waals surface area contributed by atoms with E-state index in [4.69, 9.17) is 0 Å². The van der Waals surface area contributed by atoms with E-state index in [1.54, 1.807) is 12.1 Å². The van der Waals surface area contributed by atoms with Gasteiger partial charge in [-0.05, 0) is 41.8 Å². The zero-order valence-corrected chi connectivity index (χ0v) is 13.1. The van der Waals surface area contributed by atoms with Crippen LogP contribution >= 0.6 is 0 Å². The average Bonchev–Trinajstić information content (AvgIpc) is 3.02. The van der Waals surface area contributed by atoms with Crippen LogP contribution in [0.4, 0.5) is 11.4 Å². The molecule has 118 valence electrons. The number of hydrogen-bond acceptors (Lipinski definition) is 2. The van der Waals surface area contributed by atoms with Gasteiger partial charge in [0.05, 0.1) is 11.6 Å². The average molecular weight is 315 g/mol. The Bertz CT molecular complexity index is 889. The van der Waals surface area contributed by atoms with E-state index < -0.39 is 5.97 Å². The van der Waals surface area contributed by atoms with Crippen LogP contribution in [-0.4, -0.2) is 11.1 Å². The van der Waals surface area contributed by atoms with Gasteiger partial charge in [0, 0.05) is 11.4 Å². The SMILES string of the molecule is O=C(O)c1cccc(N2c3ccccc3CC2c2ccccc2)c1. The summed E-state index contributed by atoms with van der Waals surface area (Å²) in [5.41, 5.74) is 4.88. The van der Waals surface area contributed by atoms with Gasteiger partial charge < -0.3 is 10.0 Å². The number of rotatable bonds is 3. The van der Waals surface area contributed by atoms with Crippen LogP contribution in [-0.2, 0) is 6.42 Å². The number of hydrogen-bond donors (Lipinski definition) is 1. The molecular weight excluding hydrogens is 298 g/mol. The lowest BCUT2D eigenvalue weighted by atomic mass is 10.0. The highest BCUT2D eigenvalue weighted by Gasteiger charge is 2.31. The minimum Gasteiger partial charge on any atom is -0.478 e. The van der Waals surface area contributed by atoms with Crippen LogP contribution in [0.5, 0.6) is 0 Å². The van der Waals surface area contributed by atoms with Crippen molar-refractivity contribution in [3.8, 4) is 0 Å². The number of carbonyl (C=O) groups is 1. The molecule has 3 aromatic rings. The van der Waals surface area contributed by atoms with Crippen LogP contribution in [0.2, 0.25) is 0 Å². The fraction of sp³-hybridized carbons (Fsp3) is 0.0952. The number of aromatic carboxylic acids is 1. The molecule has 0 bridgehead atoms. The Labute approximate surface area is 140 Å². The van der Waals surface area contributed by atoms with Crippen molar-refractivity contribution in [3.63, 3.8) is 0 Å². The maximum Gasteiger partial charge on any atom is 0.335 e. The Hall–Kier alpha value is -3.07. The molecule has 0 amide bonds. The predicted octanol–water partition coefficient (Wildman–Crippen LogP) is 4.82. The van der Waals surface area contributed by atoms with E-state index in [9.17, 15) is 9.90 Å². The van der Waals surface area contributed by atoms with Gasteiger partial charge in [0.15, 0.2) is 0 Å². The largest absolute Gasteiger partial charge is 0.478 e. The molecule has 4 rings (SSSR count). The quantitative estimate of drug-likeness (QED) is 0.753. The molecule has 0 spiro atoms. The van der Waals surface area contributed by atoms with Gasteiger partial charge >= 0.3 is 5.97 Å². The number of para-hydroxylation sites is 1. The van der Waals surface area contributed by atoms with Crippen molar-refractivity contribution in [1.82, 2.24) is 0 Å². The summed E-state index contributed by atoms with van der Waals surface area (Å²) in [6, 6.07) is 26.0. The van der Waals surface area contributed by atoms with E-state index in [0.29, 0.717) is 5.56 Å². The van der Waals surface area contributed by atoms with Gasteiger partial charge in [-0.15, -0.1) is 0 Å². The topological polar surface area (TPSA) is 40.5 Å². The Morgan fingerprint density at radius 1 is 0.917 bits per heavy atom. The molecule has 0 saturated carbocycles. The second kappa shape index (κ2) is 5.85. The molecule has 1 heterocycles. The molecule has 0 fully saturated rings. The number of carboxylic acids is 1.